The molecule has 7 nitrogen and oxygen atoms in total. The van der Waals surface area contributed by atoms with Gasteiger partial charge in [-0.1, -0.05) is 43.4 Å². The van der Waals surface area contributed by atoms with E-state index in [4.69, 9.17) is 0 Å². The van der Waals surface area contributed by atoms with Crippen molar-refractivity contribution >= 4 is 11.8 Å². The highest BCUT2D eigenvalue weighted by molar-refractivity contribution is 5.88. The quantitative estimate of drug-likeness (QED) is 0.510. The third-order valence-electron chi connectivity index (χ3n) is 7.41. The monoisotopic (exact) mass is 412 g/mol. The molecule has 2 aliphatic heterocycles. The van der Waals surface area contributed by atoms with Gasteiger partial charge < -0.3 is 15.7 Å². The molecule has 4 fully saturated rings. The molecule has 2 saturated carbocycles. The number of carbonyl (C=O) groups is 2. The first kappa shape index (κ1) is 19.8. The van der Waals surface area contributed by atoms with Crippen molar-refractivity contribution in [3.05, 3.63) is 28.8 Å². The maximum absolute atomic E-state index is 12.9. The van der Waals surface area contributed by atoms with E-state index in [9.17, 15) is 14.7 Å². The zero-order valence-corrected chi connectivity index (χ0v) is 17.5. The van der Waals surface area contributed by atoms with E-state index < -0.39 is 12.1 Å². The number of phenols is 1. The normalized spacial score (nSPS) is 36.3. The number of amides is 2. The van der Waals surface area contributed by atoms with Gasteiger partial charge in [-0.2, -0.15) is 0 Å². The van der Waals surface area contributed by atoms with Crippen LogP contribution < -0.4 is 21.3 Å². The SMILES string of the molecule is Cc1cc(C2N[C@H]3CCCC[C@@H]3NC2=O)c(O)c(C2N[C@H]3CCCC[C@@H]3NC2=O)c1. The maximum atomic E-state index is 12.9. The molecule has 2 unspecified atom stereocenters. The summed E-state index contributed by atoms with van der Waals surface area (Å²) in [5.41, 5.74) is 2.05. The second-order valence-electron chi connectivity index (χ2n) is 9.50. The third kappa shape index (κ3) is 3.48. The molecular weight excluding hydrogens is 380 g/mol. The summed E-state index contributed by atoms with van der Waals surface area (Å²) < 4.78 is 0. The first-order valence-electron chi connectivity index (χ1n) is 11.5. The van der Waals surface area contributed by atoms with E-state index in [0.717, 1.165) is 56.9 Å². The van der Waals surface area contributed by atoms with Crippen molar-refractivity contribution in [2.24, 2.45) is 0 Å². The summed E-state index contributed by atoms with van der Waals surface area (Å²) in [5.74, 6) is -0.152. The molecule has 0 aromatic heterocycles. The third-order valence-corrected chi connectivity index (χ3v) is 7.41. The molecule has 7 heteroatoms. The fraction of sp³-hybridized carbons (Fsp3) is 0.652. The number of nitrogens with one attached hydrogen (secondary N) is 4. The summed E-state index contributed by atoms with van der Waals surface area (Å²) >= 11 is 0. The van der Waals surface area contributed by atoms with E-state index in [1.807, 2.05) is 19.1 Å². The van der Waals surface area contributed by atoms with Crippen molar-refractivity contribution in [2.75, 3.05) is 0 Å². The summed E-state index contributed by atoms with van der Waals surface area (Å²) in [6.45, 7) is 1.95. The minimum absolute atomic E-state index is 0.0458. The molecule has 162 valence electrons. The summed E-state index contributed by atoms with van der Waals surface area (Å²) in [5, 5.41) is 24.5. The van der Waals surface area contributed by atoms with E-state index in [1.165, 1.54) is 0 Å². The highest BCUT2D eigenvalue weighted by Crippen LogP contribution is 2.38. The Morgan fingerprint density at radius 1 is 0.733 bits per heavy atom. The molecular formula is C23H32N4O3. The van der Waals surface area contributed by atoms with Crippen LogP contribution in [-0.2, 0) is 9.59 Å². The van der Waals surface area contributed by atoms with Gasteiger partial charge in [0.1, 0.15) is 17.8 Å². The van der Waals surface area contributed by atoms with E-state index in [2.05, 4.69) is 21.3 Å². The zero-order valence-electron chi connectivity index (χ0n) is 17.5. The topological polar surface area (TPSA) is 102 Å². The minimum atomic E-state index is -0.600. The number of fused-ring (bicyclic) bond motifs is 2. The second-order valence-corrected chi connectivity index (χ2v) is 9.50. The Labute approximate surface area is 177 Å². The van der Waals surface area contributed by atoms with Gasteiger partial charge in [0.2, 0.25) is 11.8 Å². The molecule has 2 saturated heterocycles. The van der Waals surface area contributed by atoms with Crippen LogP contribution >= 0.6 is 0 Å². The highest BCUT2D eigenvalue weighted by atomic mass is 16.3. The van der Waals surface area contributed by atoms with Crippen molar-refractivity contribution in [2.45, 2.75) is 94.5 Å². The Morgan fingerprint density at radius 3 is 1.57 bits per heavy atom. The van der Waals surface area contributed by atoms with Gasteiger partial charge in [0, 0.05) is 35.3 Å². The van der Waals surface area contributed by atoms with Gasteiger partial charge in [0.25, 0.3) is 0 Å². The molecule has 4 aliphatic rings. The van der Waals surface area contributed by atoms with Gasteiger partial charge in [0.05, 0.1) is 0 Å². The Kier molecular flexibility index (Phi) is 5.19. The molecule has 1 aromatic carbocycles. The van der Waals surface area contributed by atoms with Crippen LogP contribution in [0.15, 0.2) is 12.1 Å². The number of benzene rings is 1. The summed E-state index contributed by atoms with van der Waals surface area (Å²) in [6, 6.07) is 3.32. The molecule has 5 N–H and O–H groups in total. The van der Waals surface area contributed by atoms with Crippen LogP contribution in [0.2, 0.25) is 0 Å². The molecule has 6 atom stereocenters. The number of aryl methyl sites for hydroxylation is 1. The zero-order chi connectivity index (χ0) is 20.8. The maximum Gasteiger partial charge on any atom is 0.242 e. The first-order valence-corrected chi connectivity index (χ1v) is 11.5. The second kappa shape index (κ2) is 7.85. The van der Waals surface area contributed by atoms with Crippen molar-refractivity contribution in [3.8, 4) is 5.75 Å². The molecule has 0 spiro atoms. The van der Waals surface area contributed by atoms with Crippen LogP contribution in [0.3, 0.4) is 0 Å². The Balaban J connectivity index is 1.45. The number of piperazine rings is 2. The minimum Gasteiger partial charge on any atom is -0.507 e. The highest BCUT2D eigenvalue weighted by Gasteiger charge is 2.41. The van der Waals surface area contributed by atoms with Crippen LogP contribution in [-0.4, -0.2) is 41.1 Å². The van der Waals surface area contributed by atoms with Crippen LogP contribution in [0.25, 0.3) is 0 Å². The first-order chi connectivity index (χ1) is 14.5. The lowest BCUT2D eigenvalue weighted by atomic mass is 9.84. The predicted molar refractivity (Wildman–Crippen MR) is 113 cm³/mol. The molecule has 1 aromatic rings. The molecule has 2 heterocycles. The molecule has 30 heavy (non-hydrogen) atoms. The van der Waals surface area contributed by atoms with Crippen LogP contribution in [0, 0.1) is 6.92 Å². The lowest BCUT2D eigenvalue weighted by Gasteiger charge is -2.42. The van der Waals surface area contributed by atoms with E-state index in [0.29, 0.717) is 11.1 Å². The fourth-order valence-electron chi connectivity index (χ4n) is 5.86. The fourth-order valence-corrected chi connectivity index (χ4v) is 5.86. The van der Waals surface area contributed by atoms with Crippen LogP contribution in [0.1, 0.15) is 80.1 Å². The van der Waals surface area contributed by atoms with Gasteiger partial charge in [-0.25, -0.2) is 0 Å². The average molecular weight is 413 g/mol. The van der Waals surface area contributed by atoms with Gasteiger partial charge >= 0.3 is 0 Å². The summed E-state index contributed by atoms with van der Waals surface area (Å²) in [7, 11) is 0. The Hall–Kier alpha value is -2.12. The lowest BCUT2D eigenvalue weighted by molar-refractivity contribution is -0.127. The van der Waals surface area contributed by atoms with Gasteiger partial charge in [-0.05, 0) is 32.6 Å². The lowest BCUT2D eigenvalue weighted by Crippen LogP contribution is -2.61. The van der Waals surface area contributed by atoms with Crippen molar-refractivity contribution < 1.29 is 14.7 Å². The standard InChI is InChI=1S/C23H32N4O3/c1-12-10-13(19-22(29)26-17-8-4-2-6-15(17)24-19)21(28)14(11-12)20-23(30)27-18-9-5-3-7-16(18)25-20/h10-11,15-20,24-25,28H,2-9H2,1H3,(H,26,29)(H,27,30)/t15-,16-,17-,18-,19?,20?/m0/s1. The molecule has 0 bridgehead atoms. The predicted octanol–water partition coefficient (Wildman–Crippen LogP) is 1.84. The van der Waals surface area contributed by atoms with Gasteiger partial charge in [0.15, 0.2) is 0 Å². The van der Waals surface area contributed by atoms with Crippen molar-refractivity contribution in [3.63, 3.8) is 0 Å². The van der Waals surface area contributed by atoms with Gasteiger partial charge in [-0.3, -0.25) is 20.2 Å². The Morgan fingerprint density at radius 2 is 1.13 bits per heavy atom. The average Bonchev–Trinajstić information content (AvgIpc) is 2.74. The van der Waals surface area contributed by atoms with E-state index in [-0.39, 0.29) is 41.7 Å². The molecule has 0 radical (unpaired) electrons. The van der Waals surface area contributed by atoms with Crippen molar-refractivity contribution in [1.82, 2.24) is 21.3 Å². The number of aromatic hydroxyl groups is 1. The summed E-state index contributed by atoms with van der Waals surface area (Å²) in [6.07, 6.45) is 8.61. The van der Waals surface area contributed by atoms with Gasteiger partial charge in [-0.15, -0.1) is 0 Å². The van der Waals surface area contributed by atoms with E-state index >= 15 is 0 Å². The number of carbonyl (C=O) groups excluding carboxylic acids is 2. The molecule has 5 rings (SSSR count). The number of phenolic OH excluding ortho intramolecular Hbond substituents is 1. The Bertz CT molecular complexity index is 792. The molecule has 2 aliphatic carbocycles. The van der Waals surface area contributed by atoms with Crippen LogP contribution in [0.4, 0.5) is 0 Å². The number of hydrogen-bond acceptors (Lipinski definition) is 5. The van der Waals surface area contributed by atoms with Crippen molar-refractivity contribution in [1.29, 1.82) is 0 Å². The smallest absolute Gasteiger partial charge is 0.242 e. The summed E-state index contributed by atoms with van der Waals surface area (Å²) in [4.78, 5) is 25.7. The molecule has 2 amide bonds. The van der Waals surface area contributed by atoms with E-state index in [1.54, 1.807) is 0 Å². The number of rotatable bonds is 2. The largest absolute Gasteiger partial charge is 0.507 e. The van der Waals surface area contributed by atoms with Crippen LogP contribution in [0.5, 0.6) is 5.75 Å². The number of hydrogen-bond donors (Lipinski definition) is 5.